The van der Waals surface area contributed by atoms with Crippen molar-refractivity contribution >= 4 is 11.9 Å². The van der Waals surface area contributed by atoms with Gasteiger partial charge in [0.25, 0.3) is 0 Å². The first-order valence-corrected chi connectivity index (χ1v) is 13.4. The lowest BCUT2D eigenvalue weighted by Crippen LogP contribution is -2.14. The van der Waals surface area contributed by atoms with E-state index in [0.717, 1.165) is 25.7 Å². The van der Waals surface area contributed by atoms with Gasteiger partial charge in [0.05, 0.1) is 12.7 Å². The Morgan fingerprint density at radius 2 is 1.03 bits per heavy atom. The molecule has 0 radical (unpaired) electrons. The van der Waals surface area contributed by atoms with Gasteiger partial charge < -0.3 is 9.47 Å². The molecule has 0 saturated heterocycles. The summed E-state index contributed by atoms with van der Waals surface area (Å²) in [5, 5.41) is 0. The van der Waals surface area contributed by atoms with Crippen LogP contribution < -0.4 is 0 Å². The van der Waals surface area contributed by atoms with Crippen LogP contribution in [0.2, 0.25) is 0 Å². The van der Waals surface area contributed by atoms with Crippen LogP contribution in [0.15, 0.2) is 0 Å². The van der Waals surface area contributed by atoms with E-state index in [9.17, 15) is 9.59 Å². The average molecular weight is 441 g/mol. The van der Waals surface area contributed by atoms with Gasteiger partial charge in [0.1, 0.15) is 0 Å². The molecule has 0 aliphatic heterocycles. The number of esters is 2. The predicted molar refractivity (Wildman–Crippen MR) is 130 cm³/mol. The Balaban J connectivity index is 3.28. The van der Waals surface area contributed by atoms with Gasteiger partial charge in [0.15, 0.2) is 0 Å². The van der Waals surface area contributed by atoms with Crippen molar-refractivity contribution in [2.75, 3.05) is 6.61 Å². The Hall–Kier alpha value is -1.06. The fourth-order valence-corrected chi connectivity index (χ4v) is 3.84. The first-order chi connectivity index (χ1) is 15.1. The maximum absolute atomic E-state index is 11.7. The fourth-order valence-electron chi connectivity index (χ4n) is 3.84. The smallest absolute Gasteiger partial charge is 0.306 e. The summed E-state index contributed by atoms with van der Waals surface area (Å²) < 4.78 is 10.6. The van der Waals surface area contributed by atoms with Gasteiger partial charge in [0.2, 0.25) is 0 Å². The second-order valence-electron chi connectivity index (χ2n) is 9.11. The van der Waals surface area contributed by atoms with E-state index in [4.69, 9.17) is 9.47 Å². The van der Waals surface area contributed by atoms with Gasteiger partial charge in [-0.3, -0.25) is 9.59 Å². The molecule has 0 saturated carbocycles. The molecular weight excluding hydrogens is 388 g/mol. The highest BCUT2D eigenvalue weighted by molar-refractivity contribution is 5.70. The highest BCUT2D eigenvalue weighted by atomic mass is 16.5. The minimum absolute atomic E-state index is 0.00688. The van der Waals surface area contributed by atoms with Crippen LogP contribution in [0.25, 0.3) is 0 Å². The molecule has 0 heterocycles. The Morgan fingerprint density at radius 3 is 1.52 bits per heavy atom. The second kappa shape index (κ2) is 23.6. The van der Waals surface area contributed by atoms with E-state index in [2.05, 4.69) is 13.8 Å². The molecule has 0 fully saturated rings. The molecule has 1 unspecified atom stereocenters. The number of hydrogen-bond donors (Lipinski definition) is 0. The lowest BCUT2D eigenvalue weighted by atomic mass is 10.0. The minimum Gasteiger partial charge on any atom is -0.466 e. The Labute approximate surface area is 193 Å². The first kappa shape index (κ1) is 29.9. The number of rotatable bonds is 23. The molecule has 0 aromatic carbocycles. The summed E-state index contributed by atoms with van der Waals surface area (Å²) >= 11 is 0. The molecule has 0 aromatic rings. The van der Waals surface area contributed by atoms with Crippen molar-refractivity contribution in [1.82, 2.24) is 0 Å². The van der Waals surface area contributed by atoms with Gasteiger partial charge in [-0.15, -0.1) is 0 Å². The van der Waals surface area contributed by atoms with Gasteiger partial charge in [-0.05, 0) is 32.6 Å². The Morgan fingerprint density at radius 1 is 0.581 bits per heavy atom. The van der Waals surface area contributed by atoms with Crippen molar-refractivity contribution in [2.24, 2.45) is 0 Å². The summed E-state index contributed by atoms with van der Waals surface area (Å²) in [4.78, 5) is 23.4. The molecule has 0 aliphatic carbocycles. The number of ether oxygens (including phenoxy) is 2. The van der Waals surface area contributed by atoms with Gasteiger partial charge >= 0.3 is 11.9 Å². The van der Waals surface area contributed by atoms with E-state index < -0.39 is 0 Å². The largest absolute Gasteiger partial charge is 0.466 e. The molecule has 1 atom stereocenters. The highest BCUT2D eigenvalue weighted by Crippen LogP contribution is 2.13. The van der Waals surface area contributed by atoms with Crippen LogP contribution in [0, 0.1) is 0 Å². The topological polar surface area (TPSA) is 52.6 Å². The molecule has 0 amide bonds. The van der Waals surface area contributed by atoms with Gasteiger partial charge in [0, 0.05) is 12.8 Å². The number of unbranched alkanes of at least 4 members (excludes halogenated alkanes) is 14. The van der Waals surface area contributed by atoms with Crippen molar-refractivity contribution in [2.45, 2.75) is 155 Å². The number of hydrogen-bond acceptors (Lipinski definition) is 4. The summed E-state index contributed by atoms with van der Waals surface area (Å²) in [6.45, 7) is 6.81. The molecule has 0 rings (SSSR count). The lowest BCUT2D eigenvalue weighted by Gasteiger charge is -2.11. The van der Waals surface area contributed by atoms with Crippen molar-refractivity contribution < 1.29 is 19.1 Å². The lowest BCUT2D eigenvalue weighted by molar-refractivity contribution is -0.149. The van der Waals surface area contributed by atoms with E-state index in [1.54, 1.807) is 0 Å². The zero-order chi connectivity index (χ0) is 23.0. The molecular formula is C27H52O4. The molecule has 0 spiro atoms. The average Bonchev–Trinajstić information content (AvgIpc) is 2.74. The summed E-state index contributed by atoms with van der Waals surface area (Å²) in [6.07, 6.45) is 22.6. The first-order valence-electron chi connectivity index (χ1n) is 13.4. The van der Waals surface area contributed by atoms with Crippen molar-refractivity contribution in [3.63, 3.8) is 0 Å². The molecule has 4 nitrogen and oxygen atoms in total. The maximum atomic E-state index is 11.7. The van der Waals surface area contributed by atoms with Gasteiger partial charge in [-0.2, -0.15) is 0 Å². The van der Waals surface area contributed by atoms with Crippen LogP contribution in [-0.4, -0.2) is 24.6 Å². The molecule has 0 N–H and O–H groups in total. The molecule has 0 aromatic heterocycles. The van der Waals surface area contributed by atoms with Crippen LogP contribution >= 0.6 is 0 Å². The second-order valence-corrected chi connectivity index (χ2v) is 9.11. The summed E-state index contributed by atoms with van der Waals surface area (Å²) in [5.41, 5.74) is 0. The molecule has 184 valence electrons. The molecule has 0 aliphatic rings. The van der Waals surface area contributed by atoms with E-state index in [1.807, 2.05) is 6.92 Å². The number of carbonyl (C=O) groups excluding carboxylic acids is 2. The van der Waals surface area contributed by atoms with Crippen molar-refractivity contribution in [3.05, 3.63) is 0 Å². The summed E-state index contributed by atoms with van der Waals surface area (Å²) in [6, 6.07) is 0. The third kappa shape index (κ3) is 23.4. The van der Waals surface area contributed by atoms with Crippen LogP contribution in [0.3, 0.4) is 0 Å². The maximum Gasteiger partial charge on any atom is 0.306 e. The molecule has 0 bridgehead atoms. The van der Waals surface area contributed by atoms with Gasteiger partial charge in [-0.1, -0.05) is 104 Å². The van der Waals surface area contributed by atoms with Crippen molar-refractivity contribution in [3.8, 4) is 0 Å². The minimum atomic E-state index is -0.156. The standard InChI is InChI=1S/C27H52O4/c1-4-6-7-8-9-10-11-12-13-14-15-16-17-20-24-30-26(28)22-18-19-23-27(29)31-25(3)21-5-2/h25H,4-24H2,1-3H3. The predicted octanol–water partition coefficient (Wildman–Crippen LogP) is 8.30. The fraction of sp³-hybridized carbons (Fsp3) is 0.926. The Bertz CT molecular complexity index is 408. The van der Waals surface area contributed by atoms with Crippen LogP contribution in [0.1, 0.15) is 149 Å². The highest BCUT2D eigenvalue weighted by Gasteiger charge is 2.09. The van der Waals surface area contributed by atoms with Crippen LogP contribution in [-0.2, 0) is 19.1 Å². The van der Waals surface area contributed by atoms with E-state index in [-0.39, 0.29) is 18.0 Å². The Kier molecular flexibility index (Phi) is 22.8. The molecule has 4 heteroatoms. The van der Waals surface area contributed by atoms with Gasteiger partial charge in [-0.25, -0.2) is 0 Å². The molecule has 31 heavy (non-hydrogen) atoms. The zero-order valence-corrected chi connectivity index (χ0v) is 21.1. The van der Waals surface area contributed by atoms with Crippen LogP contribution in [0.5, 0.6) is 0 Å². The third-order valence-electron chi connectivity index (χ3n) is 5.80. The third-order valence-corrected chi connectivity index (χ3v) is 5.80. The normalized spacial score (nSPS) is 12.0. The van der Waals surface area contributed by atoms with Crippen LogP contribution in [0.4, 0.5) is 0 Å². The summed E-state index contributed by atoms with van der Waals surface area (Å²) in [7, 11) is 0. The van der Waals surface area contributed by atoms with E-state index >= 15 is 0 Å². The van der Waals surface area contributed by atoms with E-state index in [0.29, 0.717) is 32.3 Å². The van der Waals surface area contributed by atoms with Crippen molar-refractivity contribution in [1.29, 1.82) is 0 Å². The SMILES string of the molecule is CCCCCCCCCCCCCCCCOC(=O)CCCCC(=O)OC(C)CCC. The monoisotopic (exact) mass is 440 g/mol. The van der Waals surface area contributed by atoms with E-state index in [1.165, 1.54) is 77.0 Å². The summed E-state index contributed by atoms with van der Waals surface area (Å²) in [5.74, 6) is -0.292. The zero-order valence-electron chi connectivity index (χ0n) is 21.1. The number of carbonyl (C=O) groups is 2. The quantitative estimate of drug-likeness (QED) is 0.118.